The predicted octanol–water partition coefficient (Wildman–Crippen LogP) is 2.80. The van der Waals surface area contributed by atoms with Crippen molar-refractivity contribution in [3.63, 3.8) is 0 Å². The molecule has 0 fully saturated rings. The summed E-state index contributed by atoms with van der Waals surface area (Å²) in [5, 5.41) is 6.73. The Morgan fingerprint density at radius 2 is 1.60 bits per heavy atom. The highest BCUT2D eigenvalue weighted by molar-refractivity contribution is 5.96. The monoisotopic (exact) mass is 275 g/mol. The van der Waals surface area contributed by atoms with Crippen molar-refractivity contribution in [1.29, 1.82) is 0 Å². The zero-order valence-electron chi connectivity index (χ0n) is 12.6. The van der Waals surface area contributed by atoms with Crippen LogP contribution in [0.15, 0.2) is 29.4 Å². The molecule has 2 amide bonds. The molecule has 5 heteroatoms. The zero-order valence-corrected chi connectivity index (χ0v) is 12.6. The number of nitrogens with zero attached hydrogens (tertiary/aromatic N) is 1. The number of carbonyl (C=O) groups excluding carboxylic acids is 2. The van der Waals surface area contributed by atoms with Gasteiger partial charge in [-0.2, -0.15) is 5.10 Å². The number of hydrogen-bond acceptors (Lipinski definition) is 3. The van der Waals surface area contributed by atoms with Gasteiger partial charge in [-0.05, 0) is 31.2 Å². The summed E-state index contributed by atoms with van der Waals surface area (Å²) in [5.74, 6) is -0.421. The van der Waals surface area contributed by atoms with Crippen molar-refractivity contribution in [2.75, 3.05) is 5.32 Å². The molecule has 1 aromatic rings. The van der Waals surface area contributed by atoms with E-state index in [-0.39, 0.29) is 17.2 Å². The molecule has 2 N–H and O–H groups in total. The van der Waals surface area contributed by atoms with Crippen LogP contribution in [0.4, 0.5) is 5.69 Å². The van der Waals surface area contributed by atoms with Gasteiger partial charge in [-0.15, -0.1) is 0 Å². The van der Waals surface area contributed by atoms with Gasteiger partial charge in [-0.25, -0.2) is 5.43 Å². The Labute approximate surface area is 119 Å². The number of rotatable bonds is 3. The summed E-state index contributed by atoms with van der Waals surface area (Å²) >= 11 is 0. The normalized spacial score (nSPS) is 11.9. The van der Waals surface area contributed by atoms with Crippen LogP contribution in [0.5, 0.6) is 0 Å². The molecule has 0 aromatic heterocycles. The summed E-state index contributed by atoms with van der Waals surface area (Å²) in [6.45, 7) is 9.39. The van der Waals surface area contributed by atoms with E-state index in [1.54, 1.807) is 24.3 Å². The molecule has 108 valence electrons. The fourth-order valence-corrected chi connectivity index (χ4v) is 1.28. The minimum atomic E-state index is -0.275. The number of hydrogen-bond donors (Lipinski definition) is 2. The molecule has 0 aliphatic heterocycles. The number of nitrogens with one attached hydrogen (secondary N) is 2. The molecule has 20 heavy (non-hydrogen) atoms. The highest BCUT2D eigenvalue weighted by Gasteiger charge is 2.14. The molecule has 1 aromatic carbocycles. The van der Waals surface area contributed by atoms with E-state index in [4.69, 9.17) is 0 Å². The molecule has 0 saturated carbocycles. The molecular weight excluding hydrogens is 254 g/mol. The van der Waals surface area contributed by atoms with Gasteiger partial charge in [-0.3, -0.25) is 9.59 Å². The standard InChI is InChI=1S/C15H21N3O2/c1-10(15(3,4)5)17-18-14(20)12-6-8-13(9-7-12)16-11(2)19/h6-9H,1-5H3,(H,16,19)(H,18,20)/b17-10-. The van der Waals surface area contributed by atoms with E-state index < -0.39 is 0 Å². The fourth-order valence-electron chi connectivity index (χ4n) is 1.28. The molecule has 0 aliphatic rings. The van der Waals surface area contributed by atoms with Crippen molar-refractivity contribution >= 4 is 23.2 Å². The maximum absolute atomic E-state index is 11.9. The predicted molar refractivity (Wildman–Crippen MR) is 80.8 cm³/mol. The van der Waals surface area contributed by atoms with Crippen molar-refractivity contribution in [3.8, 4) is 0 Å². The number of carbonyl (C=O) groups is 2. The van der Waals surface area contributed by atoms with Crippen LogP contribution in [0.2, 0.25) is 0 Å². The lowest BCUT2D eigenvalue weighted by atomic mass is 9.91. The Morgan fingerprint density at radius 1 is 1.05 bits per heavy atom. The van der Waals surface area contributed by atoms with Crippen LogP contribution < -0.4 is 10.7 Å². The number of benzene rings is 1. The van der Waals surface area contributed by atoms with Gasteiger partial charge in [0, 0.05) is 29.3 Å². The van der Waals surface area contributed by atoms with E-state index in [2.05, 4.69) is 15.8 Å². The van der Waals surface area contributed by atoms with Crippen molar-refractivity contribution in [3.05, 3.63) is 29.8 Å². The Balaban J connectivity index is 2.72. The summed E-state index contributed by atoms with van der Waals surface area (Å²) in [6.07, 6.45) is 0. The third kappa shape index (κ3) is 4.84. The van der Waals surface area contributed by atoms with Gasteiger partial charge >= 0.3 is 0 Å². The highest BCUT2D eigenvalue weighted by Crippen LogP contribution is 2.15. The zero-order chi connectivity index (χ0) is 15.3. The SMILES string of the molecule is CC(=O)Nc1ccc(C(=O)N/N=C(/C)C(C)(C)C)cc1. The Morgan fingerprint density at radius 3 is 2.05 bits per heavy atom. The van der Waals surface area contributed by atoms with E-state index >= 15 is 0 Å². The van der Waals surface area contributed by atoms with Crippen LogP contribution in [0, 0.1) is 5.41 Å². The second kappa shape index (κ2) is 6.32. The van der Waals surface area contributed by atoms with E-state index in [9.17, 15) is 9.59 Å². The first kappa shape index (κ1) is 15.9. The van der Waals surface area contributed by atoms with Gasteiger partial charge in [0.1, 0.15) is 0 Å². The van der Waals surface area contributed by atoms with Crippen LogP contribution in [-0.2, 0) is 4.79 Å². The average Bonchev–Trinajstić information content (AvgIpc) is 2.34. The first-order valence-corrected chi connectivity index (χ1v) is 6.43. The topological polar surface area (TPSA) is 70.6 Å². The summed E-state index contributed by atoms with van der Waals surface area (Å²) in [7, 11) is 0. The lowest BCUT2D eigenvalue weighted by molar-refractivity contribution is -0.114. The second-order valence-electron chi connectivity index (χ2n) is 5.65. The molecule has 1 rings (SSSR count). The van der Waals surface area contributed by atoms with E-state index in [1.165, 1.54) is 6.92 Å². The number of amides is 2. The molecular formula is C15H21N3O2. The molecule has 0 bridgehead atoms. The molecule has 5 nitrogen and oxygen atoms in total. The summed E-state index contributed by atoms with van der Waals surface area (Å²) in [6, 6.07) is 6.64. The maximum atomic E-state index is 11.9. The minimum absolute atomic E-state index is 0.0808. The van der Waals surface area contributed by atoms with Crippen LogP contribution in [0.1, 0.15) is 45.0 Å². The van der Waals surface area contributed by atoms with Gasteiger partial charge in [0.25, 0.3) is 5.91 Å². The largest absolute Gasteiger partial charge is 0.326 e. The molecule has 0 unspecified atom stereocenters. The highest BCUT2D eigenvalue weighted by atomic mass is 16.2. The first-order chi connectivity index (χ1) is 9.20. The van der Waals surface area contributed by atoms with Crippen LogP contribution in [0.3, 0.4) is 0 Å². The van der Waals surface area contributed by atoms with Gasteiger partial charge in [-0.1, -0.05) is 20.8 Å². The summed E-state index contributed by atoms with van der Waals surface area (Å²) in [4.78, 5) is 22.8. The molecule has 0 saturated heterocycles. The molecule has 0 atom stereocenters. The van der Waals surface area contributed by atoms with Gasteiger partial charge < -0.3 is 5.32 Å². The Bertz CT molecular complexity index is 525. The van der Waals surface area contributed by atoms with Gasteiger partial charge in [0.05, 0.1) is 0 Å². The summed E-state index contributed by atoms with van der Waals surface area (Å²) in [5.41, 5.74) is 4.44. The first-order valence-electron chi connectivity index (χ1n) is 6.43. The van der Waals surface area contributed by atoms with Crippen LogP contribution in [0.25, 0.3) is 0 Å². The lowest BCUT2D eigenvalue weighted by Gasteiger charge is -2.17. The van der Waals surface area contributed by atoms with Crippen molar-refractivity contribution < 1.29 is 9.59 Å². The average molecular weight is 275 g/mol. The Hall–Kier alpha value is -2.17. The molecule has 0 heterocycles. The van der Waals surface area contributed by atoms with Gasteiger partial charge in [0.15, 0.2) is 0 Å². The van der Waals surface area contributed by atoms with E-state index in [1.807, 2.05) is 27.7 Å². The van der Waals surface area contributed by atoms with Gasteiger partial charge in [0.2, 0.25) is 5.91 Å². The number of hydrazone groups is 1. The molecule has 0 spiro atoms. The second-order valence-corrected chi connectivity index (χ2v) is 5.65. The smallest absolute Gasteiger partial charge is 0.271 e. The Kier molecular flexibility index (Phi) is 5.02. The van der Waals surface area contributed by atoms with E-state index in [0.29, 0.717) is 11.3 Å². The number of anilines is 1. The van der Waals surface area contributed by atoms with Crippen molar-refractivity contribution in [2.45, 2.75) is 34.6 Å². The third-order valence-corrected chi connectivity index (χ3v) is 2.88. The van der Waals surface area contributed by atoms with Crippen molar-refractivity contribution in [2.24, 2.45) is 10.5 Å². The molecule has 0 radical (unpaired) electrons. The molecule has 0 aliphatic carbocycles. The minimum Gasteiger partial charge on any atom is -0.326 e. The van der Waals surface area contributed by atoms with Crippen molar-refractivity contribution in [1.82, 2.24) is 5.43 Å². The quantitative estimate of drug-likeness (QED) is 0.657. The van der Waals surface area contributed by atoms with E-state index in [0.717, 1.165) is 5.71 Å². The fraction of sp³-hybridized carbons (Fsp3) is 0.400. The van der Waals surface area contributed by atoms with Crippen LogP contribution in [-0.4, -0.2) is 17.5 Å². The maximum Gasteiger partial charge on any atom is 0.271 e. The summed E-state index contributed by atoms with van der Waals surface area (Å²) < 4.78 is 0. The third-order valence-electron chi connectivity index (χ3n) is 2.88. The van der Waals surface area contributed by atoms with Crippen LogP contribution >= 0.6 is 0 Å². The lowest BCUT2D eigenvalue weighted by Crippen LogP contribution is -2.24.